The number of hydrazine groups is 1. The van der Waals surface area contributed by atoms with E-state index >= 15 is 0 Å². The first-order chi connectivity index (χ1) is 16.1. The second-order valence-electron chi connectivity index (χ2n) is 6.86. The topological polar surface area (TPSA) is 90.5 Å². The van der Waals surface area contributed by atoms with Crippen molar-refractivity contribution in [3.63, 3.8) is 0 Å². The monoisotopic (exact) mass is 570 g/mol. The molecule has 10 heteroatoms. The summed E-state index contributed by atoms with van der Waals surface area (Å²) >= 11 is 3.61. The van der Waals surface area contributed by atoms with Gasteiger partial charge in [0.15, 0.2) is 5.13 Å². The van der Waals surface area contributed by atoms with Crippen LogP contribution in [0.5, 0.6) is 0 Å². The van der Waals surface area contributed by atoms with E-state index in [2.05, 4.69) is 43.3 Å². The number of aryl methyl sites for hydroxylation is 1. The van der Waals surface area contributed by atoms with E-state index in [9.17, 15) is 9.59 Å². The summed E-state index contributed by atoms with van der Waals surface area (Å²) in [6.45, 7) is 1.99. The molecule has 8 nitrogen and oxygen atoms in total. The smallest absolute Gasteiger partial charge is 0.306 e. The zero-order valence-electron chi connectivity index (χ0n) is 17.5. The van der Waals surface area contributed by atoms with Crippen molar-refractivity contribution < 1.29 is 9.59 Å². The molecule has 2 aromatic carbocycles. The maximum absolute atomic E-state index is 12.7. The summed E-state index contributed by atoms with van der Waals surface area (Å²) in [5, 5.41) is 6.63. The highest BCUT2D eigenvalue weighted by Gasteiger charge is 2.18. The number of benzene rings is 2. The number of carbonyl (C=O) groups is 2. The van der Waals surface area contributed by atoms with Crippen LogP contribution < -0.4 is 20.7 Å². The third-order valence-corrected chi connectivity index (χ3v) is 6.33. The molecular weight excluding hydrogens is 551 g/mol. The van der Waals surface area contributed by atoms with Crippen molar-refractivity contribution in [3.8, 4) is 0 Å². The number of rotatable bonds is 7. The van der Waals surface area contributed by atoms with Gasteiger partial charge in [-0.1, -0.05) is 18.2 Å². The summed E-state index contributed by atoms with van der Waals surface area (Å²) in [6.07, 6.45) is 5.78. The van der Waals surface area contributed by atoms with E-state index in [0.717, 1.165) is 30.6 Å². The molecule has 0 radical (unpaired) electrons. The number of nitrogens with zero attached hydrogens (tertiary/aromatic N) is 4. The molecule has 0 atom stereocenters. The van der Waals surface area contributed by atoms with E-state index in [4.69, 9.17) is 0 Å². The number of hydrogen-bond donors (Lipinski definition) is 2. The second-order valence-corrected chi connectivity index (χ2v) is 8.89. The number of thiazole rings is 1. The van der Waals surface area contributed by atoms with Gasteiger partial charge in [0.25, 0.3) is 0 Å². The molecule has 2 N–H and O–H groups in total. The van der Waals surface area contributed by atoms with E-state index in [1.54, 1.807) is 36.8 Å². The zero-order valence-corrected chi connectivity index (χ0v) is 20.4. The number of urea groups is 1. The van der Waals surface area contributed by atoms with Crippen LogP contribution in [0.3, 0.4) is 0 Å². The molecule has 3 amide bonds. The van der Waals surface area contributed by atoms with Gasteiger partial charge in [0.05, 0.1) is 23.3 Å². The molecule has 0 spiro atoms. The first-order valence-corrected chi connectivity index (χ1v) is 11.8. The van der Waals surface area contributed by atoms with E-state index in [1.807, 2.05) is 53.6 Å². The van der Waals surface area contributed by atoms with Gasteiger partial charge in [-0.15, -0.1) is 11.3 Å². The number of para-hydroxylation sites is 1. The first-order valence-electron chi connectivity index (χ1n) is 9.84. The Labute approximate surface area is 208 Å². The molecule has 0 unspecified atom stereocenters. The summed E-state index contributed by atoms with van der Waals surface area (Å²) in [4.78, 5) is 34.9. The Hall–Kier alpha value is -3.51. The van der Waals surface area contributed by atoms with Gasteiger partial charge in [0.2, 0.25) is 6.41 Å². The van der Waals surface area contributed by atoms with Crippen molar-refractivity contribution in [3.05, 3.63) is 87.7 Å². The van der Waals surface area contributed by atoms with Crippen LogP contribution in [0, 0.1) is 10.5 Å². The van der Waals surface area contributed by atoms with Gasteiger partial charge in [-0.05, 0) is 71.5 Å². The Morgan fingerprint density at radius 3 is 2.64 bits per heavy atom. The van der Waals surface area contributed by atoms with Crippen LogP contribution in [0.1, 0.15) is 5.56 Å². The van der Waals surface area contributed by atoms with Crippen molar-refractivity contribution in [2.45, 2.75) is 6.92 Å². The Balaban J connectivity index is 1.60. The number of amides is 3. The molecule has 0 fully saturated rings. The average molecular weight is 570 g/mol. The fraction of sp³-hybridized carbons (Fsp3) is 0.0435. The first kappa shape index (κ1) is 22.7. The number of nitrogens with one attached hydrogen (secondary N) is 2. The highest BCUT2D eigenvalue weighted by atomic mass is 127. The van der Waals surface area contributed by atoms with Crippen molar-refractivity contribution in [2.24, 2.45) is 0 Å². The van der Waals surface area contributed by atoms with Crippen molar-refractivity contribution >= 4 is 74.2 Å². The molecule has 0 saturated heterocycles. The largest absolute Gasteiger partial charge is 0.338 e. The fourth-order valence-corrected chi connectivity index (χ4v) is 4.47. The molecule has 33 heavy (non-hydrogen) atoms. The predicted octanol–water partition coefficient (Wildman–Crippen LogP) is 5.62. The Kier molecular flexibility index (Phi) is 7.15. The van der Waals surface area contributed by atoms with Crippen LogP contribution in [0.2, 0.25) is 0 Å². The molecule has 4 aromatic rings. The lowest BCUT2D eigenvalue weighted by atomic mass is 10.1. The molecule has 166 valence electrons. The number of hydrogen-bond acceptors (Lipinski definition) is 6. The molecular formula is C23H19IN6O2S. The lowest BCUT2D eigenvalue weighted by Gasteiger charge is -2.24. The molecule has 4 rings (SSSR count). The minimum atomic E-state index is -0.543. The van der Waals surface area contributed by atoms with Gasteiger partial charge < -0.3 is 5.32 Å². The predicted molar refractivity (Wildman–Crippen MR) is 139 cm³/mol. The Morgan fingerprint density at radius 2 is 1.94 bits per heavy atom. The summed E-state index contributed by atoms with van der Waals surface area (Å²) in [5.41, 5.74) is 6.41. The van der Waals surface area contributed by atoms with Gasteiger partial charge in [-0.3, -0.25) is 14.7 Å². The molecule has 0 aliphatic rings. The third kappa shape index (κ3) is 5.29. The van der Waals surface area contributed by atoms with E-state index < -0.39 is 6.03 Å². The molecule has 2 heterocycles. The highest BCUT2D eigenvalue weighted by Crippen LogP contribution is 2.38. The minimum Gasteiger partial charge on any atom is -0.306 e. The van der Waals surface area contributed by atoms with Crippen LogP contribution in [-0.4, -0.2) is 22.4 Å². The Morgan fingerprint density at radius 1 is 1.09 bits per heavy atom. The Bertz CT molecular complexity index is 1250. The molecule has 0 saturated carbocycles. The average Bonchev–Trinajstić information content (AvgIpc) is 3.35. The molecule has 0 aliphatic carbocycles. The number of pyridine rings is 1. The van der Waals surface area contributed by atoms with Crippen LogP contribution in [-0.2, 0) is 4.79 Å². The zero-order chi connectivity index (χ0) is 23.2. The van der Waals surface area contributed by atoms with E-state index in [0.29, 0.717) is 17.8 Å². The normalized spacial score (nSPS) is 10.4. The van der Waals surface area contributed by atoms with Gasteiger partial charge in [-0.2, -0.15) is 0 Å². The lowest BCUT2D eigenvalue weighted by molar-refractivity contribution is -0.107. The van der Waals surface area contributed by atoms with E-state index in [1.165, 1.54) is 11.3 Å². The maximum Gasteiger partial charge on any atom is 0.338 e. The summed E-state index contributed by atoms with van der Waals surface area (Å²) in [7, 11) is 0. The van der Waals surface area contributed by atoms with Gasteiger partial charge in [0.1, 0.15) is 0 Å². The molecule has 2 aromatic heterocycles. The van der Waals surface area contributed by atoms with Crippen LogP contribution in [0.15, 0.2) is 78.6 Å². The summed E-state index contributed by atoms with van der Waals surface area (Å²) < 4.78 is 0.829. The highest BCUT2D eigenvalue weighted by molar-refractivity contribution is 14.1. The van der Waals surface area contributed by atoms with Gasteiger partial charge in [-0.25, -0.2) is 20.2 Å². The molecule has 0 bridgehead atoms. The number of aromatic nitrogens is 2. The van der Waals surface area contributed by atoms with Crippen molar-refractivity contribution in [2.75, 3.05) is 15.2 Å². The summed E-state index contributed by atoms with van der Waals surface area (Å²) in [5.74, 6) is 0. The minimum absolute atomic E-state index is 0.543. The van der Waals surface area contributed by atoms with Gasteiger partial charge >= 0.3 is 6.03 Å². The van der Waals surface area contributed by atoms with Crippen LogP contribution in [0.25, 0.3) is 0 Å². The van der Waals surface area contributed by atoms with Crippen LogP contribution >= 0.6 is 33.9 Å². The second kappa shape index (κ2) is 10.4. The standard InChI is InChI=1S/C23H19IN6O2S/c1-16-8-9-17(27-22(32)28-29(15-31)20-7-3-2-6-19(20)24)13-21(16)30(23-26-11-12-33-23)18-5-4-10-25-14-18/h2-15H,1H3,(H2,27,28,32). The van der Waals surface area contributed by atoms with Gasteiger partial charge in [0, 0.05) is 27.0 Å². The quantitative estimate of drug-likeness (QED) is 0.171. The summed E-state index contributed by atoms with van der Waals surface area (Å²) in [6, 6.07) is 16.1. The maximum atomic E-state index is 12.7. The lowest BCUT2D eigenvalue weighted by Crippen LogP contribution is -2.44. The number of carbonyl (C=O) groups excluding carboxylic acids is 2. The SMILES string of the molecule is Cc1ccc(NC(=O)NN(C=O)c2ccccc2I)cc1N(c1cccnc1)c1nccs1. The number of halogens is 1. The third-order valence-electron chi connectivity index (χ3n) is 4.66. The van der Waals surface area contributed by atoms with Crippen molar-refractivity contribution in [1.82, 2.24) is 15.4 Å². The van der Waals surface area contributed by atoms with E-state index in [-0.39, 0.29) is 0 Å². The van der Waals surface area contributed by atoms with Crippen LogP contribution in [0.4, 0.5) is 32.7 Å². The molecule has 0 aliphatic heterocycles. The number of anilines is 5. The fourth-order valence-electron chi connectivity index (χ4n) is 3.15. The van der Waals surface area contributed by atoms with Crippen molar-refractivity contribution in [1.29, 1.82) is 0 Å².